The third kappa shape index (κ3) is 11.7. The second-order valence-electron chi connectivity index (χ2n) is 20.5. The minimum absolute atomic E-state index is 0.0134. The quantitative estimate of drug-likeness (QED) is 0.102. The summed E-state index contributed by atoms with van der Waals surface area (Å²) in [7, 11) is 0. The zero-order valence-corrected chi connectivity index (χ0v) is 42.2. The Balaban J connectivity index is 0.823. The van der Waals surface area contributed by atoms with Crippen LogP contribution in [0, 0.1) is 34.5 Å². The molecule has 4 heterocycles. The van der Waals surface area contributed by atoms with Crippen LogP contribution in [0.25, 0.3) is 10.4 Å². The molecule has 0 spiro atoms. The lowest BCUT2D eigenvalue weighted by Crippen LogP contribution is -2.74. The number of thiazole rings is 1. The van der Waals surface area contributed by atoms with Gasteiger partial charge in [0.2, 0.25) is 17.7 Å². The number of ether oxygens (including phenoxy) is 2. The van der Waals surface area contributed by atoms with Gasteiger partial charge in [-0.3, -0.25) is 24.1 Å². The Kier molecular flexibility index (Phi) is 15.7. The predicted molar refractivity (Wildman–Crippen MR) is 265 cm³/mol. The molecule has 1 aliphatic carbocycles. The molecule has 0 unspecified atom stereocenters. The molecule has 4 amide bonds. The lowest BCUT2D eigenvalue weighted by molar-refractivity contribution is -0.164. The minimum atomic E-state index is -0.959. The van der Waals surface area contributed by atoms with E-state index in [0.29, 0.717) is 35.1 Å². The van der Waals surface area contributed by atoms with Gasteiger partial charge in [-0.05, 0) is 47.7 Å². The molecule has 3 aliphatic rings. The zero-order chi connectivity index (χ0) is 49.8. The number of halogens is 1. The Morgan fingerprint density at radius 2 is 1.71 bits per heavy atom. The van der Waals surface area contributed by atoms with Gasteiger partial charge in [-0.25, -0.2) is 9.97 Å². The van der Waals surface area contributed by atoms with Crippen molar-refractivity contribution in [1.82, 2.24) is 35.7 Å². The standard InChI is InChI=1S/C51H64ClN9O7S/c1-31-42(69-30-56-31)33-11-9-32(10-12-33)26-55-45(65)39-23-36(62)28-61(39)46(66)43(49(2,3)4)57-41(63)29-67-22-21-59-17-19-60(20-18-59)40-16-14-35(27-54-40)44(64)58-47-50(5,6)48(51(47,7)8)68-37-15-13-34(25-53)38(52)24-37/h9-16,24,27,30,36,39,43,47-48,62H,17-23,26,28-29H2,1-8H3,(H,55,65)(H,57,63)(H,58,64)/t36-,39+,43-,47-,48-/m1/s1. The minimum Gasteiger partial charge on any atom is -0.489 e. The Morgan fingerprint density at radius 3 is 2.32 bits per heavy atom. The van der Waals surface area contributed by atoms with Crippen LogP contribution in [0.1, 0.15) is 82.1 Å². The van der Waals surface area contributed by atoms with Gasteiger partial charge >= 0.3 is 0 Å². The van der Waals surface area contributed by atoms with Crippen LogP contribution in [-0.2, 0) is 25.7 Å². The number of rotatable bonds is 16. The number of nitriles is 1. The molecule has 7 rings (SSSR count). The number of aryl methyl sites for hydroxylation is 1. The molecule has 368 valence electrons. The maximum absolute atomic E-state index is 14.1. The Morgan fingerprint density at radius 1 is 1.00 bits per heavy atom. The molecule has 1 saturated carbocycles. The summed E-state index contributed by atoms with van der Waals surface area (Å²) in [6, 6.07) is 16.6. The van der Waals surface area contributed by atoms with Gasteiger partial charge in [0.15, 0.2) is 0 Å². The van der Waals surface area contributed by atoms with Gasteiger partial charge in [0.05, 0.1) is 44.9 Å². The number of pyridine rings is 1. The molecule has 18 heteroatoms. The van der Waals surface area contributed by atoms with E-state index in [2.05, 4.69) is 69.5 Å². The molecule has 3 atom stereocenters. The van der Waals surface area contributed by atoms with E-state index in [9.17, 15) is 29.5 Å². The number of β-amino-alcohol motifs (C(OH)–C–C–N with tert-alkyl or cyclic N) is 1. The van der Waals surface area contributed by atoms with Crippen molar-refractivity contribution in [2.75, 3.05) is 57.4 Å². The third-order valence-corrected chi connectivity index (χ3v) is 14.9. The van der Waals surface area contributed by atoms with Gasteiger partial charge < -0.3 is 40.3 Å². The number of nitrogens with one attached hydrogen (secondary N) is 3. The first-order valence-electron chi connectivity index (χ1n) is 23.4. The Labute approximate surface area is 413 Å². The van der Waals surface area contributed by atoms with Gasteiger partial charge in [0.1, 0.15) is 42.4 Å². The monoisotopic (exact) mass is 981 g/mol. The summed E-state index contributed by atoms with van der Waals surface area (Å²) in [5, 5.41) is 29.2. The lowest BCUT2D eigenvalue weighted by atomic mass is 9.49. The highest BCUT2D eigenvalue weighted by Gasteiger charge is 2.64. The van der Waals surface area contributed by atoms with Crippen LogP contribution >= 0.6 is 22.9 Å². The van der Waals surface area contributed by atoms with E-state index in [-0.39, 0.29) is 50.1 Å². The van der Waals surface area contributed by atoms with Crippen molar-refractivity contribution in [3.63, 3.8) is 0 Å². The Bertz CT molecular complexity index is 2520. The number of carbonyl (C=O) groups is 4. The first-order valence-corrected chi connectivity index (χ1v) is 24.7. The number of anilines is 1. The summed E-state index contributed by atoms with van der Waals surface area (Å²) in [6.45, 7) is 19.6. The van der Waals surface area contributed by atoms with Crippen molar-refractivity contribution in [3.8, 4) is 22.3 Å². The van der Waals surface area contributed by atoms with Crippen molar-refractivity contribution in [2.45, 2.75) is 98.7 Å². The molecule has 2 aromatic heterocycles. The van der Waals surface area contributed by atoms with Crippen LogP contribution in [0.2, 0.25) is 5.02 Å². The summed E-state index contributed by atoms with van der Waals surface area (Å²) in [6.07, 6.45) is 0.615. The number of nitrogens with zero attached hydrogens (tertiary/aromatic N) is 6. The van der Waals surface area contributed by atoms with E-state index in [0.717, 1.165) is 53.7 Å². The molecule has 69 heavy (non-hydrogen) atoms. The number of carbonyl (C=O) groups excluding carboxylic acids is 4. The second-order valence-corrected chi connectivity index (χ2v) is 21.8. The van der Waals surface area contributed by atoms with Crippen LogP contribution in [0.5, 0.6) is 5.75 Å². The summed E-state index contributed by atoms with van der Waals surface area (Å²) in [4.78, 5) is 70.1. The van der Waals surface area contributed by atoms with Crippen LogP contribution in [0.15, 0.2) is 66.3 Å². The van der Waals surface area contributed by atoms with E-state index in [1.807, 2.05) is 63.5 Å². The third-order valence-electron chi connectivity index (χ3n) is 13.6. The van der Waals surface area contributed by atoms with Gasteiger partial charge in [-0.1, -0.05) is 84.3 Å². The lowest BCUT2D eigenvalue weighted by Gasteiger charge is -2.63. The van der Waals surface area contributed by atoms with E-state index < -0.39 is 46.2 Å². The summed E-state index contributed by atoms with van der Waals surface area (Å²) < 4.78 is 12.2. The zero-order valence-electron chi connectivity index (χ0n) is 40.7. The average Bonchev–Trinajstić information content (AvgIpc) is 3.94. The number of aromatic nitrogens is 2. The fraction of sp³-hybridized carbons (Fsp3) is 0.510. The number of aliphatic hydroxyl groups is 1. The molecule has 3 fully saturated rings. The molecule has 0 bridgehead atoms. The number of benzene rings is 2. The van der Waals surface area contributed by atoms with Gasteiger partial charge in [-0.2, -0.15) is 5.26 Å². The van der Waals surface area contributed by atoms with Crippen molar-refractivity contribution in [2.24, 2.45) is 16.2 Å². The average molecular weight is 983 g/mol. The fourth-order valence-corrected chi connectivity index (χ4v) is 11.1. The Hall–Kier alpha value is -5.64. The van der Waals surface area contributed by atoms with Gasteiger partial charge in [0.25, 0.3) is 5.91 Å². The van der Waals surface area contributed by atoms with Gasteiger partial charge in [-0.15, -0.1) is 11.3 Å². The summed E-state index contributed by atoms with van der Waals surface area (Å²) in [5.41, 5.74) is 4.07. The van der Waals surface area contributed by atoms with Gasteiger partial charge in [0, 0.05) is 81.4 Å². The number of amides is 4. The number of hydrogen-bond donors (Lipinski definition) is 4. The molecule has 2 saturated heterocycles. The SMILES string of the molecule is Cc1ncsc1-c1ccc(CNC(=O)[C@@H]2C[C@@H](O)CN2C(=O)[C@@H](NC(=O)COCCN2CCN(c3ccc(C(=O)N[C@H]4C(C)(C)[C@H](Oc5ccc(C#N)c(Cl)c5)C4(C)C)cn3)CC2)C(C)(C)C)cc1. The van der Waals surface area contributed by atoms with Crippen LogP contribution in [0.3, 0.4) is 0 Å². The summed E-state index contributed by atoms with van der Waals surface area (Å²) >= 11 is 7.82. The first kappa shape index (κ1) is 51.2. The molecule has 4 aromatic rings. The smallest absolute Gasteiger partial charge is 0.253 e. The van der Waals surface area contributed by atoms with Crippen molar-refractivity contribution < 1.29 is 33.8 Å². The number of piperazine rings is 1. The van der Waals surface area contributed by atoms with Crippen LogP contribution in [-0.4, -0.2) is 131 Å². The van der Waals surface area contributed by atoms with Crippen molar-refractivity contribution in [3.05, 3.63) is 93.7 Å². The normalized spacial score (nSPS) is 21.4. The van der Waals surface area contributed by atoms with E-state index in [1.54, 1.807) is 41.8 Å². The molecule has 0 radical (unpaired) electrons. The highest BCUT2D eigenvalue weighted by atomic mass is 35.5. The van der Waals surface area contributed by atoms with E-state index in [1.165, 1.54) is 4.90 Å². The summed E-state index contributed by atoms with van der Waals surface area (Å²) in [5.74, 6) is -0.109. The number of aliphatic hydroxyl groups excluding tert-OH is 1. The van der Waals surface area contributed by atoms with Crippen molar-refractivity contribution >= 4 is 52.4 Å². The molecular formula is C51H64ClN9O7S. The highest BCUT2D eigenvalue weighted by molar-refractivity contribution is 7.13. The maximum atomic E-state index is 14.1. The molecular weight excluding hydrogens is 918 g/mol. The maximum Gasteiger partial charge on any atom is 0.253 e. The fourth-order valence-electron chi connectivity index (χ4n) is 10.1. The number of hydrogen-bond acceptors (Lipinski definition) is 13. The second kappa shape index (κ2) is 21.2. The molecule has 4 N–H and O–H groups in total. The number of likely N-dealkylation sites (tertiary alicyclic amines) is 1. The first-order chi connectivity index (χ1) is 32.7. The van der Waals surface area contributed by atoms with E-state index in [4.69, 9.17) is 21.1 Å². The predicted octanol–water partition coefficient (Wildman–Crippen LogP) is 5.60. The van der Waals surface area contributed by atoms with E-state index >= 15 is 0 Å². The molecule has 2 aromatic carbocycles. The largest absolute Gasteiger partial charge is 0.489 e. The highest BCUT2D eigenvalue weighted by Crippen LogP contribution is 2.55. The molecule has 16 nitrogen and oxygen atoms in total. The van der Waals surface area contributed by atoms with Crippen molar-refractivity contribution in [1.29, 1.82) is 5.26 Å². The topological polar surface area (TPSA) is 202 Å². The van der Waals surface area contributed by atoms with Crippen LogP contribution < -0.4 is 25.6 Å². The van der Waals surface area contributed by atoms with Crippen LogP contribution in [0.4, 0.5) is 5.82 Å². The molecule has 2 aliphatic heterocycles.